The lowest BCUT2D eigenvalue weighted by Gasteiger charge is -1.96. The molecule has 2 atom stereocenters. The zero-order valence-electron chi connectivity index (χ0n) is 4.03. The summed E-state index contributed by atoms with van der Waals surface area (Å²) >= 11 is 0. The molecule has 3 heteroatoms. The number of alkyl halides is 2. The Morgan fingerprint density at radius 1 is 1.57 bits per heavy atom. The SMILES string of the molecule is FCCC(F)CP. The van der Waals surface area contributed by atoms with E-state index in [1.54, 1.807) is 0 Å². The van der Waals surface area contributed by atoms with Crippen LogP contribution >= 0.6 is 9.24 Å². The van der Waals surface area contributed by atoms with E-state index >= 15 is 0 Å². The highest BCUT2D eigenvalue weighted by Gasteiger charge is 1.99. The van der Waals surface area contributed by atoms with Gasteiger partial charge in [-0.1, -0.05) is 0 Å². The monoisotopic (exact) mass is 126 g/mol. The second-order valence-electron chi connectivity index (χ2n) is 1.31. The van der Waals surface area contributed by atoms with Crippen molar-refractivity contribution in [3.05, 3.63) is 0 Å². The third kappa shape index (κ3) is 4.14. The summed E-state index contributed by atoms with van der Waals surface area (Å²) in [6.07, 6.45) is -0.567. The van der Waals surface area contributed by atoms with Crippen molar-refractivity contribution in [2.45, 2.75) is 12.6 Å². The van der Waals surface area contributed by atoms with Gasteiger partial charge in [-0.05, 0) is 6.16 Å². The first-order chi connectivity index (χ1) is 3.31. The summed E-state index contributed by atoms with van der Waals surface area (Å²) in [5.41, 5.74) is 0. The van der Waals surface area contributed by atoms with Gasteiger partial charge in [0.1, 0.15) is 6.17 Å². The lowest BCUT2D eigenvalue weighted by atomic mass is 10.3. The fourth-order valence-corrected chi connectivity index (χ4v) is 0.472. The minimum Gasteiger partial charge on any atom is -0.251 e. The summed E-state index contributed by atoms with van der Waals surface area (Å²) in [7, 11) is 2.23. The molecule has 0 aromatic rings. The molecule has 0 aliphatic heterocycles. The summed E-state index contributed by atoms with van der Waals surface area (Å²) in [6, 6.07) is 0. The number of halogens is 2. The Balaban J connectivity index is 2.83. The van der Waals surface area contributed by atoms with E-state index in [9.17, 15) is 8.78 Å². The van der Waals surface area contributed by atoms with Gasteiger partial charge in [0, 0.05) is 6.42 Å². The predicted molar refractivity (Wildman–Crippen MR) is 30.1 cm³/mol. The van der Waals surface area contributed by atoms with Crippen molar-refractivity contribution in [2.75, 3.05) is 12.8 Å². The zero-order valence-corrected chi connectivity index (χ0v) is 5.19. The Hall–Kier alpha value is 0.290. The molecule has 0 aliphatic carbocycles. The van der Waals surface area contributed by atoms with Crippen molar-refractivity contribution in [1.82, 2.24) is 0 Å². The molecule has 0 aromatic carbocycles. The lowest BCUT2D eigenvalue weighted by molar-refractivity contribution is 0.309. The Morgan fingerprint density at radius 2 is 2.14 bits per heavy atom. The van der Waals surface area contributed by atoms with Crippen LogP contribution in [0, 0.1) is 0 Å². The van der Waals surface area contributed by atoms with Gasteiger partial charge in [-0.15, -0.1) is 9.24 Å². The van der Waals surface area contributed by atoms with Gasteiger partial charge >= 0.3 is 0 Å². The fraction of sp³-hybridized carbons (Fsp3) is 1.00. The summed E-state index contributed by atoms with van der Waals surface area (Å²) in [5.74, 6) is 0. The van der Waals surface area contributed by atoms with E-state index in [4.69, 9.17) is 0 Å². The molecule has 0 aliphatic rings. The summed E-state index contributed by atoms with van der Waals surface area (Å²) < 4.78 is 23.1. The Bertz CT molecular complexity index is 40.7. The number of rotatable bonds is 3. The molecule has 7 heavy (non-hydrogen) atoms. The van der Waals surface area contributed by atoms with Crippen molar-refractivity contribution in [3.8, 4) is 0 Å². The zero-order chi connectivity index (χ0) is 5.70. The molecule has 0 radical (unpaired) electrons. The molecule has 0 bridgehead atoms. The third-order valence-electron chi connectivity index (χ3n) is 0.678. The van der Waals surface area contributed by atoms with E-state index < -0.39 is 12.8 Å². The van der Waals surface area contributed by atoms with Gasteiger partial charge in [0.2, 0.25) is 0 Å². The maximum absolute atomic E-state index is 11.9. The molecule has 0 saturated heterocycles. The summed E-state index contributed by atoms with van der Waals surface area (Å²) in [5, 5.41) is 0. The first-order valence-electron chi connectivity index (χ1n) is 2.21. The highest BCUT2D eigenvalue weighted by Crippen LogP contribution is 2.00. The van der Waals surface area contributed by atoms with E-state index in [0.29, 0.717) is 6.16 Å². The van der Waals surface area contributed by atoms with Gasteiger partial charge < -0.3 is 0 Å². The third-order valence-corrected chi connectivity index (χ3v) is 1.19. The van der Waals surface area contributed by atoms with Crippen molar-refractivity contribution < 1.29 is 8.78 Å². The maximum Gasteiger partial charge on any atom is 0.106 e. The van der Waals surface area contributed by atoms with Crippen LogP contribution in [0.1, 0.15) is 6.42 Å². The summed E-state index contributed by atoms with van der Waals surface area (Å²) in [4.78, 5) is 0. The maximum atomic E-state index is 11.9. The average Bonchev–Trinajstić information content (AvgIpc) is 1.68. The van der Waals surface area contributed by atoms with Crippen molar-refractivity contribution >= 4 is 9.24 Å². The van der Waals surface area contributed by atoms with Crippen LogP contribution in [0.25, 0.3) is 0 Å². The summed E-state index contributed by atoms with van der Waals surface area (Å²) in [6.45, 7) is -0.546. The molecule has 0 aromatic heterocycles. The molecule has 44 valence electrons. The standard InChI is InChI=1S/C4H9F2P/c5-2-1-4(6)3-7/h4H,1-3,7H2. The van der Waals surface area contributed by atoms with Crippen LogP contribution in [0.2, 0.25) is 0 Å². The van der Waals surface area contributed by atoms with Gasteiger partial charge in [0.25, 0.3) is 0 Å². The molecule has 0 fully saturated rings. The molecule has 0 rings (SSSR count). The van der Waals surface area contributed by atoms with E-state index in [2.05, 4.69) is 9.24 Å². The van der Waals surface area contributed by atoms with Crippen LogP contribution in [0.5, 0.6) is 0 Å². The van der Waals surface area contributed by atoms with Gasteiger partial charge in [-0.25, -0.2) is 4.39 Å². The van der Waals surface area contributed by atoms with Crippen LogP contribution in [-0.2, 0) is 0 Å². The average molecular weight is 126 g/mol. The molecular weight excluding hydrogens is 117 g/mol. The minimum absolute atomic E-state index is 0.0451. The fourth-order valence-electron chi connectivity index (χ4n) is 0.236. The molecule has 0 heterocycles. The number of hydrogen-bond donors (Lipinski definition) is 0. The van der Waals surface area contributed by atoms with E-state index in [0.717, 1.165) is 0 Å². The van der Waals surface area contributed by atoms with E-state index in [1.807, 2.05) is 0 Å². The van der Waals surface area contributed by atoms with Crippen LogP contribution in [0.4, 0.5) is 8.78 Å². The van der Waals surface area contributed by atoms with Gasteiger partial charge in [-0.2, -0.15) is 0 Å². The quantitative estimate of drug-likeness (QED) is 0.503. The second kappa shape index (κ2) is 4.45. The smallest absolute Gasteiger partial charge is 0.106 e. The van der Waals surface area contributed by atoms with Gasteiger partial charge in [0.05, 0.1) is 6.67 Å². The minimum atomic E-state index is -0.963. The Labute approximate surface area is 44.5 Å². The van der Waals surface area contributed by atoms with Crippen molar-refractivity contribution in [1.29, 1.82) is 0 Å². The molecule has 0 N–H and O–H groups in total. The van der Waals surface area contributed by atoms with E-state index in [-0.39, 0.29) is 6.42 Å². The molecule has 0 spiro atoms. The normalized spacial score (nSPS) is 14.1. The molecule has 0 saturated carbocycles. The van der Waals surface area contributed by atoms with Crippen LogP contribution in [0.3, 0.4) is 0 Å². The molecule has 0 amide bonds. The van der Waals surface area contributed by atoms with E-state index in [1.165, 1.54) is 0 Å². The second-order valence-corrected chi connectivity index (χ2v) is 1.78. The molecular formula is C4H9F2P. The lowest BCUT2D eigenvalue weighted by Crippen LogP contribution is -2.00. The molecule has 0 nitrogen and oxygen atoms in total. The van der Waals surface area contributed by atoms with Crippen molar-refractivity contribution in [2.24, 2.45) is 0 Å². The van der Waals surface area contributed by atoms with Crippen molar-refractivity contribution in [3.63, 3.8) is 0 Å². The molecule has 2 unspecified atom stereocenters. The van der Waals surface area contributed by atoms with Crippen LogP contribution in [0.15, 0.2) is 0 Å². The van der Waals surface area contributed by atoms with Gasteiger partial charge in [-0.3, -0.25) is 4.39 Å². The predicted octanol–water partition coefficient (Wildman–Crippen LogP) is 1.56. The largest absolute Gasteiger partial charge is 0.251 e. The first-order valence-corrected chi connectivity index (χ1v) is 3.03. The van der Waals surface area contributed by atoms with Crippen LogP contribution < -0.4 is 0 Å². The number of hydrogen-bond acceptors (Lipinski definition) is 0. The topological polar surface area (TPSA) is 0 Å². The van der Waals surface area contributed by atoms with Gasteiger partial charge in [0.15, 0.2) is 0 Å². The highest BCUT2D eigenvalue weighted by atomic mass is 31.0. The highest BCUT2D eigenvalue weighted by molar-refractivity contribution is 7.16. The van der Waals surface area contributed by atoms with Crippen LogP contribution in [-0.4, -0.2) is 19.0 Å². The Morgan fingerprint density at radius 3 is 2.29 bits per heavy atom. The first kappa shape index (κ1) is 7.29. The Kier molecular flexibility index (Phi) is 4.63.